The van der Waals surface area contributed by atoms with Gasteiger partial charge in [-0.25, -0.2) is 4.39 Å². The Labute approximate surface area is 110 Å². The van der Waals surface area contributed by atoms with E-state index in [-0.39, 0.29) is 12.6 Å². The third-order valence-corrected chi connectivity index (χ3v) is 2.99. The molecule has 1 aromatic carbocycles. The lowest BCUT2D eigenvalue weighted by atomic mass is 10.1. The van der Waals surface area contributed by atoms with Crippen LogP contribution in [0.1, 0.15) is 18.5 Å². The first-order valence-electron chi connectivity index (χ1n) is 5.47. The summed E-state index contributed by atoms with van der Waals surface area (Å²) in [5, 5.41) is 9.14. The molecule has 1 atom stereocenters. The first-order valence-corrected chi connectivity index (χ1v) is 5.85. The van der Waals surface area contributed by atoms with Crippen LogP contribution in [0.15, 0.2) is 30.9 Å². The van der Waals surface area contributed by atoms with Crippen molar-refractivity contribution in [2.24, 2.45) is 0 Å². The second kappa shape index (κ2) is 6.52. The number of aliphatic carboxylic acids is 1. The van der Waals surface area contributed by atoms with Crippen molar-refractivity contribution in [1.82, 2.24) is 4.90 Å². The van der Waals surface area contributed by atoms with Crippen LogP contribution in [-0.2, 0) is 4.79 Å². The third-order valence-electron chi connectivity index (χ3n) is 2.66. The summed E-state index contributed by atoms with van der Waals surface area (Å²) >= 11 is 5.97. The standard InChI is InChI=1S/C13H15ClFNO2/c1-3-6-16(8-13(17)18)9(2)11-5-4-10(15)7-12(11)14/h3-5,7,9H,1,6,8H2,2H3,(H,17,18). The van der Waals surface area contributed by atoms with E-state index in [9.17, 15) is 9.18 Å². The SMILES string of the molecule is C=CCN(CC(=O)O)C(C)c1ccc(F)cc1Cl. The molecule has 1 N–H and O–H groups in total. The van der Waals surface area contributed by atoms with E-state index in [2.05, 4.69) is 6.58 Å². The lowest BCUT2D eigenvalue weighted by Crippen LogP contribution is -2.32. The molecule has 3 nitrogen and oxygen atoms in total. The quantitative estimate of drug-likeness (QED) is 0.808. The summed E-state index contributed by atoms with van der Waals surface area (Å²) in [4.78, 5) is 12.5. The number of benzene rings is 1. The van der Waals surface area contributed by atoms with Crippen molar-refractivity contribution in [3.05, 3.63) is 47.3 Å². The predicted octanol–water partition coefficient (Wildman–Crippen LogP) is 3.11. The van der Waals surface area contributed by atoms with Gasteiger partial charge < -0.3 is 5.11 Å². The summed E-state index contributed by atoms with van der Waals surface area (Å²) in [6, 6.07) is 3.87. The molecule has 0 bridgehead atoms. The number of nitrogens with zero attached hydrogens (tertiary/aromatic N) is 1. The van der Waals surface area contributed by atoms with E-state index in [1.165, 1.54) is 12.1 Å². The van der Waals surface area contributed by atoms with Crippen LogP contribution in [0.3, 0.4) is 0 Å². The van der Waals surface area contributed by atoms with Crippen molar-refractivity contribution in [2.45, 2.75) is 13.0 Å². The van der Waals surface area contributed by atoms with Gasteiger partial charge in [0.05, 0.1) is 6.54 Å². The molecule has 0 fully saturated rings. The first-order chi connectivity index (χ1) is 8.45. The fourth-order valence-electron chi connectivity index (χ4n) is 1.74. The Bertz CT molecular complexity index is 451. The molecular weight excluding hydrogens is 257 g/mol. The first kappa shape index (κ1) is 14.7. The van der Waals surface area contributed by atoms with E-state index in [1.807, 2.05) is 6.92 Å². The molecule has 0 radical (unpaired) electrons. The van der Waals surface area contributed by atoms with Gasteiger partial charge >= 0.3 is 5.97 Å². The smallest absolute Gasteiger partial charge is 0.317 e. The van der Waals surface area contributed by atoms with Gasteiger partial charge in [0.25, 0.3) is 0 Å². The Morgan fingerprint density at radius 2 is 2.33 bits per heavy atom. The zero-order valence-corrected chi connectivity index (χ0v) is 10.8. The maximum Gasteiger partial charge on any atom is 0.317 e. The highest BCUT2D eigenvalue weighted by Gasteiger charge is 2.19. The summed E-state index contributed by atoms with van der Waals surface area (Å²) in [5.41, 5.74) is 0.696. The molecule has 5 heteroatoms. The lowest BCUT2D eigenvalue weighted by molar-refractivity contribution is -0.138. The summed E-state index contributed by atoms with van der Waals surface area (Å²) in [7, 11) is 0. The normalized spacial score (nSPS) is 12.4. The molecule has 0 saturated carbocycles. The molecule has 1 aromatic rings. The van der Waals surface area contributed by atoms with Crippen LogP contribution < -0.4 is 0 Å². The zero-order valence-electron chi connectivity index (χ0n) is 10.1. The summed E-state index contributed by atoms with van der Waals surface area (Å²) in [6.07, 6.45) is 1.62. The van der Waals surface area contributed by atoms with Crippen molar-refractivity contribution in [3.8, 4) is 0 Å². The summed E-state index contributed by atoms with van der Waals surface area (Å²) < 4.78 is 13.0. The maximum atomic E-state index is 13.0. The Kier molecular flexibility index (Phi) is 5.31. The fourth-order valence-corrected chi connectivity index (χ4v) is 2.06. The Balaban J connectivity index is 2.96. The highest BCUT2D eigenvalue weighted by atomic mass is 35.5. The summed E-state index contributed by atoms with van der Waals surface area (Å²) in [6.45, 7) is 5.71. The number of halogens is 2. The zero-order chi connectivity index (χ0) is 13.7. The van der Waals surface area contributed by atoms with Crippen molar-refractivity contribution < 1.29 is 14.3 Å². The van der Waals surface area contributed by atoms with E-state index in [4.69, 9.17) is 16.7 Å². The molecule has 0 aliphatic rings. The lowest BCUT2D eigenvalue weighted by Gasteiger charge is -2.27. The third kappa shape index (κ3) is 3.82. The van der Waals surface area contributed by atoms with E-state index < -0.39 is 11.8 Å². The Morgan fingerprint density at radius 1 is 1.67 bits per heavy atom. The van der Waals surface area contributed by atoms with Crippen LogP contribution in [0.5, 0.6) is 0 Å². The van der Waals surface area contributed by atoms with Crippen molar-refractivity contribution in [2.75, 3.05) is 13.1 Å². The van der Waals surface area contributed by atoms with Crippen molar-refractivity contribution in [1.29, 1.82) is 0 Å². The van der Waals surface area contributed by atoms with Gasteiger partial charge in [-0.15, -0.1) is 6.58 Å². The number of carboxylic acid groups (broad SMARTS) is 1. The monoisotopic (exact) mass is 271 g/mol. The van der Waals surface area contributed by atoms with E-state index in [1.54, 1.807) is 17.0 Å². The van der Waals surface area contributed by atoms with Crippen molar-refractivity contribution >= 4 is 17.6 Å². The molecule has 1 rings (SSSR count). The second-order valence-corrected chi connectivity index (χ2v) is 4.36. The van der Waals surface area contributed by atoms with Gasteiger partial charge in [0.1, 0.15) is 5.82 Å². The highest BCUT2D eigenvalue weighted by molar-refractivity contribution is 6.31. The molecule has 0 heterocycles. The van der Waals surface area contributed by atoms with Gasteiger partial charge in [0.15, 0.2) is 0 Å². The molecule has 0 aliphatic heterocycles. The van der Waals surface area contributed by atoms with Crippen molar-refractivity contribution in [3.63, 3.8) is 0 Å². The molecule has 18 heavy (non-hydrogen) atoms. The molecule has 0 spiro atoms. The van der Waals surface area contributed by atoms with Gasteiger partial charge in [-0.1, -0.05) is 23.7 Å². The molecule has 0 aliphatic carbocycles. The largest absolute Gasteiger partial charge is 0.480 e. The van der Waals surface area contributed by atoms with Gasteiger partial charge in [-0.05, 0) is 24.6 Å². The van der Waals surface area contributed by atoms with Gasteiger partial charge in [-0.3, -0.25) is 9.69 Å². The molecule has 0 aromatic heterocycles. The average Bonchev–Trinajstić information content (AvgIpc) is 2.27. The van der Waals surface area contributed by atoms with Crippen LogP contribution >= 0.6 is 11.6 Å². The minimum Gasteiger partial charge on any atom is -0.480 e. The number of hydrogen-bond donors (Lipinski definition) is 1. The van der Waals surface area contributed by atoms with E-state index >= 15 is 0 Å². The predicted molar refractivity (Wildman–Crippen MR) is 69.2 cm³/mol. The average molecular weight is 272 g/mol. The summed E-state index contributed by atoms with van der Waals surface area (Å²) in [5.74, 6) is -1.34. The molecule has 98 valence electrons. The number of carbonyl (C=O) groups is 1. The molecule has 0 amide bonds. The maximum absolute atomic E-state index is 13.0. The minimum atomic E-state index is -0.929. The van der Waals surface area contributed by atoms with Crippen LogP contribution in [0.4, 0.5) is 4.39 Å². The second-order valence-electron chi connectivity index (χ2n) is 3.95. The van der Waals surface area contributed by atoms with Gasteiger partial charge in [-0.2, -0.15) is 0 Å². The molecular formula is C13H15ClFNO2. The van der Waals surface area contributed by atoms with Gasteiger partial charge in [0.2, 0.25) is 0 Å². The van der Waals surface area contributed by atoms with Crippen LogP contribution in [-0.4, -0.2) is 29.1 Å². The topological polar surface area (TPSA) is 40.5 Å². The molecule has 0 saturated heterocycles. The van der Waals surface area contributed by atoms with Crippen LogP contribution in [0.2, 0.25) is 5.02 Å². The number of carboxylic acids is 1. The van der Waals surface area contributed by atoms with E-state index in [0.717, 1.165) is 0 Å². The Hall–Kier alpha value is -1.39. The number of rotatable bonds is 6. The number of hydrogen-bond acceptors (Lipinski definition) is 2. The van der Waals surface area contributed by atoms with Crippen LogP contribution in [0, 0.1) is 5.82 Å². The fraction of sp³-hybridized carbons (Fsp3) is 0.308. The van der Waals surface area contributed by atoms with Gasteiger partial charge in [0, 0.05) is 17.6 Å². The van der Waals surface area contributed by atoms with Crippen LogP contribution in [0.25, 0.3) is 0 Å². The highest BCUT2D eigenvalue weighted by Crippen LogP contribution is 2.27. The minimum absolute atomic E-state index is 0.124. The Morgan fingerprint density at radius 3 is 2.83 bits per heavy atom. The molecule has 1 unspecified atom stereocenters. The van der Waals surface area contributed by atoms with E-state index in [0.29, 0.717) is 17.1 Å².